The third-order valence-corrected chi connectivity index (χ3v) is 2.80. The van der Waals surface area contributed by atoms with Crippen LogP contribution in [0, 0.1) is 0 Å². The molecular weight excluding hydrogens is 306 g/mol. The van der Waals surface area contributed by atoms with E-state index in [0.717, 1.165) is 0 Å². The second kappa shape index (κ2) is 7.11. The lowest BCUT2D eigenvalue weighted by Crippen LogP contribution is -2.19. The Morgan fingerprint density at radius 1 is 1.22 bits per heavy atom. The monoisotopic (exact) mass is 321 g/mol. The number of nitrogens with one attached hydrogen (secondary N) is 1. The van der Waals surface area contributed by atoms with Gasteiger partial charge < -0.3 is 19.9 Å². The van der Waals surface area contributed by atoms with Crippen LogP contribution in [-0.2, 0) is 0 Å². The van der Waals surface area contributed by atoms with Gasteiger partial charge in [-0.15, -0.1) is 0 Å². The number of nitrogen functional groups attached to an aromatic ring is 1. The van der Waals surface area contributed by atoms with E-state index in [2.05, 4.69) is 25.5 Å². The molecule has 0 fully saturated rings. The number of nitrogens with zero attached hydrogens (tertiary/aromatic N) is 3. The first kappa shape index (κ1) is 16.1. The lowest BCUT2D eigenvalue weighted by molar-refractivity contribution is 0.0946. The van der Waals surface area contributed by atoms with Crippen molar-refractivity contribution in [2.45, 2.75) is 0 Å². The Balaban J connectivity index is 2.16. The first-order valence-electron chi connectivity index (χ1n) is 6.32. The van der Waals surface area contributed by atoms with Gasteiger partial charge in [-0.2, -0.15) is 5.10 Å². The minimum atomic E-state index is -0.646. The Morgan fingerprint density at radius 3 is 2.35 bits per heavy atom. The number of hydrogen-bond donors (Lipinski definition) is 2. The van der Waals surface area contributed by atoms with E-state index >= 15 is 0 Å². The highest BCUT2D eigenvalue weighted by Gasteiger charge is 2.15. The van der Waals surface area contributed by atoms with E-state index < -0.39 is 5.91 Å². The summed E-state index contributed by atoms with van der Waals surface area (Å²) in [6.07, 6.45) is 1.39. The Bertz CT molecular complexity index is 702. The molecule has 0 bridgehead atoms. The van der Waals surface area contributed by atoms with E-state index in [0.29, 0.717) is 22.8 Å². The average Bonchev–Trinajstić information content (AvgIpc) is 2.99. The molecule has 23 heavy (non-hydrogen) atoms. The van der Waals surface area contributed by atoms with Crippen LogP contribution in [-0.4, -0.2) is 43.8 Å². The molecule has 0 unspecified atom stereocenters. The van der Waals surface area contributed by atoms with Crippen LogP contribution < -0.4 is 25.4 Å². The average molecular weight is 321 g/mol. The predicted octanol–water partition coefficient (Wildman–Crippen LogP) is 0.441. The number of methoxy groups -OCH3 is 3. The van der Waals surface area contributed by atoms with Crippen molar-refractivity contribution < 1.29 is 23.6 Å². The Morgan fingerprint density at radius 2 is 1.87 bits per heavy atom. The number of ether oxygens (including phenoxy) is 3. The molecule has 1 aromatic carbocycles. The number of hydrogen-bond acceptors (Lipinski definition) is 9. The summed E-state index contributed by atoms with van der Waals surface area (Å²) in [7, 11) is 4.51. The molecule has 0 radical (unpaired) electrons. The zero-order valence-corrected chi connectivity index (χ0v) is 12.7. The SMILES string of the molecule is COc1cc(/C=N/NC(=O)c2nonc2N)cc(OC)c1OC. The van der Waals surface area contributed by atoms with Crippen LogP contribution in [0.5, 0.6) is 17.2 Å². The van der Waals surface area contributed by atoms with Gasteiger partial charge in [-0.3, -0.25) is 4.79 Å². The lowest BCUT2D eigenvalue weighted by atomic mass is 10.2. The summed E-state index contributed by atoms with van der Waals surface area (Å²) in [4.78, 5) is 11.7. The van der Waals surface area contributed by atoms with Crippen LogP contribution >= 0.6 is 0 Å². The number of rotatable bonds is 6. The van der Waals surface area contributed by atoms with Gasteiger partial charge in [0.05, 0.1) is 27.5 Å². The number of anilines is 1. The topological polar surface area (TPSA) is 134 Å². The number of aromatic nitrogens is 2. The first-order chi connectivity index (χ1) is 11.1. The zero-order chi connectivity index (χ0) is 16.8. The van der Waals surface area contributed by atoms with Crippen molar-refractivity contribution in [3.8, 4) is 17.2 Å². The molecule has 10 nitrogen and oxygen atoms in total. The van der Waals surface area contributed by atoms with Gasteiger partial charge in [0, 0.05) is 5.56 Å². The Kier molecular flexibility index (Phi) is 4.97. The summed E-state index contributed by atoms with van der Waals surface area (Å²) in [6, 6.07) is 3.34. The molecule has 122 valence electrons. The van der Waals surface area contributed by atoms with Gasteiger partial charge in [0.2, 0.25) is 17.3 Å². The molecule has 0 aliphatic heterocycles. The van der Waals surface area contributed by atoms with Crippen molar-refractivity contribution in [3.05, 3.63) is 23.4 Å². The van der Waals surface area contributed by atoms with E-state index in [9.17, 15) is 4.79 Å². The third-order valence-electron chi connectivity index (χ3n) is 2.80. The van der Waals surface area contributed by atoms with E-state index in [1.807, 2.05) is 0 Å². The first-order valence-corrected chi connectivity index (χ1v) is 6.32. The molecule has 0 aliphatic carbocycles. The molecule has 1 heterocycles. The van der Waals surface area contributed by atoms with Crippen molar-refractivity contribution >= 4 is 17.9 Å². The molecule has 0 saturated heterocycles. The normalized spacial score (nSPS) is 10.6. The number of carbonyl (C=O) groups is 1. The van der Waals surface area contributed by atoms with Crippen LogP contribution in [0.4, 0.5) is 5.82 Å². The summed E-state index contributed by atoms with van der Waals surface area (Å²) in [5.74, 6) is 0.615. The van der Waals surface area contributed by atoms with E-state index in [1.54, 1.807) is 12.1 Å². The van der Waals surface area contributed by atoms with Crippen molar-refractivity contribution in [3.63, 3.8) is 0 Å². The predicted molar refractivity (Wildman–Crippen MR) is 79.9 cm³/mol. The van der Waals surface area contributed by atoms with Gasteiger partial charge in [-0.25, -0.2) is 10.1 Å². The molecule has 2 rings (SSSR count). The maximum atomic E-state index is 11.7. The van der Waals surface area contributed by atoms with Crippen LogP contribution in [0.1, 0.15) is 16.1 Å². The number of hydrazone groups is 1. The maximum Gasteiger partial charge on any atom is 0.297 e. The van der Waals surface area contributed by atoms with Gasteiger partial charge in [0.1, 0.15) is 0 Å². The van der Waals surface area contributed by atoms with Gasteiger partial charge in [0.15, 0.2) is 11.5 Å². The number of benzene rings is 1. The second-order valence-electron chi connectivity index (χ2n) is 4.16. The van der Waals surface area contributed by atoms with Crippen LogP contribution in [0.2, 0.25) is 0 Å². The highest BCUT2D eigenvalue weighted by Crippen LogP contribution is 2.37. The van der Waals surface area contributed by atoms with E-state index in [1.165, 1.54) is 27.5 Å². The number of carbonyl (C=O) groups excluding carboxylic acids is 1. The fourth-order valence-electron chi connectivity index (χ4n) is 1.75. The minimum Gasteiger partial charge on any atom is -0.493 e. The zero-order valence-electron chi connectivity index (χ0n) is 12.7. The Hall–Kier alpha value is -3.30. The summed E-state index contributed by atoms with van der Waals surface area (Å²) in [6.45, 7) is 0. The summed E-state index contributed by atoms with van der Waals surface area (Å²) in [5, 5.41) is 10.5. The molecule has 0 saturated carbocycles. The minimum absolute atomic E-state index is 0.120. The Labute approximate surface area is 131 Å². The maximum absolute atomic E-state index is 11.7. The number of amides is 1. The summed E-state index contributed by atoms with van der Waals surface area (Å²) in [5.41, 5.74) is 8.13. The third kappa shape index (κ3) is 3.48. The smallest absolute Gasteiger partial charge is 0.297 e. The molecule has 0 spiro atoms. The van der Waals surface area contributed by atoms with Crippen LogP contribution in [0.15, 0.2) is 21.9 Å². The molecule has 10 heteroatoms. The molecule has 1 aromatic heterocycles. The summed E-state index contributed by atoms with van der Waals surface area (Å²) < 4.78 is 20.0. The molecule has 2 aromatic rings. The fraction of sp³-hybridized carbons (Fsp3) is 0.231. The van der Waals surface area contributed by atoms with Gasteiger partial charge in [0.25, 0.3) is 5.91 Å². The highest BCUT2D eigenvalue weighted by molar-refractivity contribution is 5.96. The molecule has 1 amide bonds. The largest absolute Gasteiger partial charge is 0.493 e. The van der Waals surface area contributed by atoms with Gasteiger partial charge in [-0.1, -0.05) is 0 Å². The van der Waals surface area contributed by atoms with Crippen molar-refractivity contribution in [2.24, 2.45) is 5.10 Å². The van der Waals surface area contributed by atoms with Gasteiger partial charge >= 0.3 is 0 Å². The summed E-state index contributed by atoms with van der Waals surface area (Å²) >= 11 is 0. The van der Waals surface area contributed by atoms with Gasteiger partial charge in [-0.05, 0) is 22.4 Å². The lowest BCUT2D eigenvalue weighted by Gasteiger charge is -2.12. The van der Waals surface area contributed by atoms with E-state index in [-0.39, 0.29) is 11.5 Å². The molecular formula is C13H15N5O5. The van der Waals surface area contributed by atoms with Crippen molar-refractivity contribution in [2.75, 3.05) is 27.1 Å². The standard InChI is InChI=1S/C13H15N5O5/c1-20-8-4-7(5-9(21-2)11(8)22-3)6-15-16-13(19)10-12(14)18-23-17-10/h4-6H,1-3H3,(H2,14,18)(H,16,19)/b15-6+. The highest BCUT2D eigenvalue weighted by atomic mass is 16.6. The second-order valence-corrected chi connectivity index (χ2v) is 4.16. The van der Waals surface area contributed by atoms with Crippen molar-refractivity contribution in [1.29, 1.82) is 0 Å². The van der Waals surface area contributed by atoms with Crippen LogP contribution in [0.3, 0.4) is 0 Å². The molecule has 0 aliphatic rings. The van der Waals surface area contributed by atoms with Crippen LogP contribution in [0.25, 0.3) is 0 Å². The fourth-order valence-corrected chi connectivity index (χ4v) is 1.75. The van der Waals surface area contributed by atoms with Crippen molar-refractivity contribution in [1.82, 2.24) is 15.7 Å². The molecule has 0 atom stereocenters. The molecule has 3 N–H and O–H groups in total. The quantitative estimate of drug-likeness (QED) is 0.578. The van der Waals surface area contributed by atoms with E-state index in [4.69, 9.17) is 19.9 Å². The number of nitrogens with two attached hydrogens (primary N) is 1.